The van der Waals surface area contributed by atoms with Gasteiger partial charge >= 0.3 is 6.09 Å². The first kappa shape index (κ1) is 21.7. The van der Waals surface area contributed by atoms with Crippen LogP contribution in [0.15, 0.2) is 16.2 Å². The highest BCUT2D eigenvalue weighted by atomic mass is 32.1. The Balaban J connectivity index is 1.36. The topological polar surface area (TPSA) is 97.6 Å². The number of nitrogens with zero attached hydrogens (tertiary/aromatic N) is 5. The van der Waals surface area contributed by atoms with Crippen LogP contribution in [-0.2, 0) is 9.53 Å². The van der Waals surface area contributed by atoms with Crippen LogP contribution < -0.4 is 5.56 Å². The molecule has 2 aliphatic heterocycles. The Labute approximate surface area is 185 Å². The lowest BCUT2D eigenvalue weighted by Crippen LogP contribution is -2.50. The fraction of sp³-hybridized carbons (Fsp3) is 0.667. The van der Waals surface area contributed by atoms with E-state index in [1.807, 2.05) is 31.1 Å². The summed E-state index contributed by atoms with van der Waals surface area (Å²) in [7, 11) is 0. The van der Waals surface area contributed by atoms with Gasteiger partial charge in [-0.25, -0.2) is 9.48 Å². The van der Waals surface area contributed by atoms with Crippen molar-refractivity contribution in [3.05, 3.63) is 21.8 Å². The van der Waals surface area contributed by atoms with Gasteiger partial charge in [0.05, 0.1) is 12.0 Å². The van der Waals surface area contributed by atoms with Gasteiger partial charge in [-0.2, -0.15) is 0 Å². The summed E-state index contributed by atoms with van der Waals surface area (Å²) in [4.78, 5) is 41.7. The first-order valence-electron chi connectivity index (χ1n) is 10.8. The van der Waals surface area contributed by atoms with Crippen molar-refractivity contribution in [2.24, 2.45) is 5.92 Å². The minimum Gasteiger partial charge on any atom is -0.444 e. The number of fused-ring (bicyclic) bond motifs is 1. The second-order valence-corrected chi connectivity index (χ2v) is 10.2. The number of hydrogen-bond donors (Lipinski definition) is 0. The van der Waals surface area contributed by atoms with Crippen molar-refractivity contribution in [3.8, 4) is 0 Å². The lowest BCUT2D eigenvalue weighted by atomic mass is 9.95. The quantitative estimate of drug-likeness (QED) is 0.702. The van der Waals surface area contributed by atoms with E-state index in [0.29, 0.717) is 49.2 Å². The van der Waals surface area contributed by atoms with E-state index in [1.54, 1.807) is 11.0 Å². The van der Waals surface area contributed by atoms with Gasteiger partial charge in [0.15, 0.2) is 0 Å². The monoisotopic (exact) mass is 447 g/mol. The molecular weight excluding hydrogens is 418 g/mol. The Morgan fingerprint density at radius 2 is 1.87 bits per heavy atom. The molecule has 31 heavy (non-hydrogen) atoms. The number of aromatic nitrogens is 3. The van der Waals surface area contributed by atoms with Crippen molar-refractivity contribution in [2.75, 3.05) is 26.2 Å². The second-order valence-electron chi connectivity index (χ2n) is 9.30. The average Bonchev–Trinajstić information content (AvgIpc) is 3.22. The molecule has 2 amide bonds. The van der Waals surface area contributed by atoms with Crippen LogP contribution in [0.25, 0.3) is 10.2 Å². The number of hydrogen-bond acceptors (Lipinski definition) is 7. The maximum absolute atomic E-state index is 13.1. The molecule has 10 heteroatoms. The normalized spacial score (nSPS) is 20.8. The maximum Gasteiger partial charge on any atom is 0.410 e. The Morgan fingerprint density at radius 1 is 1.13 bits per heavy atom. The van der Waals surface area contributed by atoms with E-state index in [2.05, 4.69) is 10.3 Å². The van der Waals surface area contributed by atoms with Crippen molar-refractivity contribution in [3.63, 3.8) is 0 Å². The standard InChI is InChI=1S/C21H29N5O4S/c1-21(2,3)30-20(29)25-9-4-5-14(13-25)18(27)24-10-6-15(7-11-24)26-19(28)17-16(22-23-26)8-12-31-17/h8,12,14-15H,4-7,9-11,13H2,1-3H3/t14-/m1/s1. The minimum atomic E-state index is -0.553. The highest BCUT2D eigenvalue weighted by molar-refractivity contribution is 7.17. The Hall–Kier alpha value is -2.49. The van der Waals surface area contributed by atoms with E-state index >= 15 is 0 Å². The third-order valence-electron chi connectivity index (χ3n) is 5.84. The van der Waals surface area contributed by atoms with E-state index in [4.69, 9.17) is 4.74 Å². The summed E-state index contributed by atoms with van der Waals surface area (Å²) < 4.78 is 7.57. The zero-order chi connectivity index (χ0) is 22.2. The lowest BCUT2D eigenvalue weighted by molar-refractivity contribution is -0.138. The SMILES string of the molecule is CC(C)(C)OC(=O)N1CCC[C@@H](C(=O)N2CCC(n3nnc4ccsc4c3=O)CC2)C1. The Bertz CT molecular complexity index is 1020. The summed E-state index contributed by atoms with van der Waals surface area (Å²) in [5, 5.41) is 10.1. The van der Waals surface area contributed by atoms with E-state index in [9.17, 15) is 14.4 Å². The molecule has 0 aromatic carbocycles. The first-order valence-corrected chi connectivity index (χ1v) is 11.7. The van der Waals surface area contributed by atoms with Crippen molar-refractivity contribution in [1.82, 2.24) is 24.8 Å². The molecule has 2 aromatic rings. The number of rotatable bonds is 2. The molecule has 0 aliphatic carbocycles. The largest absolute Gasteiger partial charge is 0.444 e. The molecule has 0 spiro atoms. The number of carbonyl (C=O) groups is 2. The first-order chi connectivity index (χ1) is 14.7. The van der Waals surface area contributed by atoms with Gasteiger partial charge < -0.3 is 14.5 Å². The van der Waals surface area contributed by atoms with Gasteiger partial charge in [0.25, 0.3) is 5.56 Å². The second kappa shape index (κ2) is 8.57. The van der Waals surface area contributed by atoms with Crippen molar-refractivity contribution < 1.29 is 14.3 Å². The summed E-state index contributed by atoms with van der Waals surface area (Å²) in [6.07, 6.45) is 2.54. The van der Waals surface area contributed by atoms with Gasteiger partial charge in [-0.3, -0.25) is 9.59 Å². The average molecular weight is 448 g/mol. The molecule has 0 radical (unpaired) electrons. The smallest absolute Gasteiger partial charge is 0.410 e. The van der Waals surface area contributed by atoms with Crippen LogP contribution in [0.3, 0.4) is 0 Å². The fourth-order valence-corrected chi connectivity index (χ4v) is 5.04. The number of carbonyl (C=O) groups excluding carboxylic acids is 2. The molecule has 0 N–H and O–H groups in total. The van der Waals surface area contributed by atoms with Crippen LogP contribution in [-0.4, -0.2) is 68.6 Å². The maximum atomic E-state index is 13.1. The molecular formula is C21H29N5O4S. The number of likely N-dealkylation sites (tertiary alicyclic amines) is 2. The summed E-state index contributed by atoms with van der Waals surface area (Å²) in [5.74, 6) is -0.123. The molecule has 2 aromatic heterocycles. The van der Waals surface area contributed by atoms with Gasteiger partial charge in [-0.1, -0.05) is 5.21 Å². The molecule has 4 heterocycles. The third-order valence-corrected chi connectivity index (χ3v) is 6.73. The van der Waals surface area contributed by atoms with E-state index in [-0.39, 0.29) is 29.5 Å². The van der Waals surface area contributed by atoms with Crippen LogP contribution >= 0.6 is 11.3 Å². The summed E-state index contributed by atoms with van der Waals surface area (Å²) >= 11 is 1.38. The molecule has 0 unspecified atom stereocenters. The van der Waals surface area contributed by atoms with Gasteiger partial charge in [0, 0.05) is 26.2 Å². The Morgan fingerprint density at radius 3 is 2.58 bits per heavy atom. The minimum absolute atomic E-state index is 0.0554. The molecule has 0 saturated carbocycles. The highest BCUT2D eigenvalue weighted by Gasteiger charge is 2.35. The van der Waals surface area contributed by atoms with Gasteiger partial charge in [0.1, 0.15) is 15.8 Å². The highest BCUT2D eigenvalue weighted by Crippen LogP contribution is 2.26. The molecule has 1 atom stereocenters. The third kappa shape index (κ3) is 4.73. The number of piperidine rings is 2. The van der Waals surface area contributed by atoms with E-state index in [0.717, 1.165) is 12.8 Å². The molecule has 9 nitrogen and oxygen atoms in total. The molecule has 2 saturated heterocycles. The van der Waals surface area contributed by atoms with E-state index in [1.165, 1.54) is 16.0 Å². The van der Waals surface area contributed by atoms with Crippen molar-refractivity contribution in [1.29, 1.82) is 0 Å². The van der Waals surface area contributed by atoms with Crippen LogP contribution in [0.1, 0.15) is 52.5 Å². The van der Waals surface area contributed by atoms with Gasteiger partial charge in [-0.05, 0) is 57.9 Å². The fourth-order valence-electron chi connectivity index (χ4n) is 4.28. The summed E-state index contributed by atoms with van der Waals surface area (Å²) in [6, 6.07) is 1.74. The molecule has 168 valence electrons. The zero-order valence-corrected chi connectivity index (χ0v) is 19.1. The predicted octanol–water partition coefficient (Wildman–Crippen LogP) is 2.66. The zero-order valence-electron chi connectivity index (χ0n) is 18.2. The molecule has 2 fully saturated rings. The van der Waals surface area contributed by atoms with Crippen LogP contribution in [0.4, 0.5) is 4.79 Å². The summed E-state index contributed by atoms with van der Waals surface area (Å²) in [6.45, 7) is 7.68. The van der Waals surface area contributed by atoms with Gasteiger partial charge in [0.2, 0.25) is 5.91 Å². The Kier molecular flexibility index (Phi) is 6.00. The van der Waals surface area contributed by atoms with Crippen molar-refractivity contribution >= 4 is 33.6 Å². The molecule has 0 bridgehead atoms. The predicted molar refractivity (Wildman–Crippen MR) is 117 cm³/mol. The van der Waals surface area contributed by atoms with Crippen molar-refractivity contribution in [2.45, 2.75) is 58.1 Å². The van der Waals surface area contributed by atoms with E-state index < -0.39 is 5.60 Å². The molecule has 4 rings (SSSR count). The number of amides is 2. The lowest BCUT2D eigenvalue weighted by Gasteiger charge is -2.38. The van der Waals surface area contributed by atoms with Crippen LogP contribution in [0.2, 0.25) is 0 Å². The number of thiophene rings is 1. The molecule has 2 aliphatic rings. The van der Waals surface area contributed by atoms with Gasteiger partial charge in [-0.15, -0.1) is 16.4 Å². The number of ether oxygens (including phenoxy) is 1. The van der Waals surface area contributed by atoms with Crippen LogP contribution in [0.5, 0.6) is 0 Å². The summed E-state index contributed by atoms with van der Waals surface area (Å²) in [5.41, 5.74) is -0.0287. The van der Waals surface area contributed by atoms with Crippen LogP contribution in [0, 0.1) is 5.92 Å².